The lowest BCUT2D eigenvalue weighted by Gasteiger charge is -2.35. The Labute approximate surface area is 195 Å². The molecule has 1 atom stereocenters. The van der Waals surface area contributed by atoms with Crippen LogP contribution in [-0.2, 0) is 15.3 Å². The van der Waals surface area contributed by atoms with Gasteiger partial charge in [0.15, 0.2) is 6.10 Å². The number of pyridine rings is 1. The van der Waals surface area contributed by atoms with Crippen molar-refractivity contribution in [1.29, 1.82) is 0 Å². The van der Waals surface area contributed by atoms with Crippen molar-refractivity contribution in [3.05, 3.63) is 59.9 Å². The van der Waals surface area contributed by atoms with Crippen molar-refractivity contribution < 1.29 is 18.8 Å². The van der Waals surface area contributed by atoms with Gasteiger partial charge in [0.25, 0.3) is 5.91 Å². The van der Waals surface area contributed by atoms with E-state index in [1.165, 1.54) is 11.8 Å². The number of thioether (sulfide) groups is 1. The predicted octanol–water partition coefficient (Wildman–Crippen LogP) is 2.35. The summed E-state index contributed by atoms with van der Waals surface area (Å²) in [6, 6.07) is 6.90. The van der Waals surface area contributed by atoms with E-state index in [1.807, 2.05) is 17.9 Å². The van der Waals surface area contributed by atoms with E-state index < -0.39 is 12.1 Å². The molecule has 1 fully saturated rings. The van der Waals surface area contributed by atoms with Crippen LogP contribution in [0.25, 0.3) is 0 Å². The van der Waals surface area contributed by atoms with Crippen LogP contribution in [0.3, 0.4) is 0 Å². The molecule has 3 aromatic rings. The molecule has 0 bridgehead atoms. The van der Waals surface area contributed by atoms with Crippen molar-refractivity contribution in [2.75, 3.05) is 31.1 Å². The van der Waals surface area contributed by atoms with Crippen LogP contribution in [0.2, 0.25) is 0 Å². The second kappa shape index (κ2) is 10.4. The minimum absolute atomic E-state index is 0.229. The van der Waals surface area contributed by atoms with Crippen molar-refractivity contribution in [3.8, 4) is 0 Å². The van der Waals surface area contributed by atoms with Gasteiger partial charge in [-0.25, -0.2) is 19.7 Å². The number of ether oxygens (including phenoxy) is 1. The highest BCUT2D eigenvalue weighted by molar-refractivity contribution is 7.98. The second-order valence-corrected chi connectivity index (χ2v) is 8.45. The molecule has 0 spiro atoms. The van der Waals surface area contributed by atoms with Gasteiger partial charge < -0.3 is 19.1 Å². The van der Waals surface area contributed by atoms with Gasteiger partial charge in [-0.1, -0.05) is 16.9 Å². The van der Waals surface area contributed by atoms with Crippen LogP contribution in [0.15, 0.2) is 52.4 Å². The van der Waals surface area contributed by atoms with Crippen molar-refractivity contribution in [1.82, 2.24) is 25.0 Å². The number of nitrogens with zero attached hydrogens (tertiary/aromatic N) is 6. The minimum atomic E-state index is -0.909. The van der Waals surface area contributed by atoms with E-state index in [4.69, 9.17) is 9.26 Å². The standard InChI is InChI=1S/C22H24N6O4S/c1-15-13-17(26-32-15)14-33-19-18(5-3-6-23-19)21(30)31-16(2)20(29)27-9-11-28(12-10-27)22-24-7-4-8-25-22/h3-8,13,16H,9-12,14H2,1-2H3. The van der Waals surface area contributed by atoms with E-state index in [0.717, 1.165) is 11.5 Å². The van der Waals surface area contributed by atoms with E-state index in [0.29, 0.717) is 48.5 Å². The van der Waals surface area contributed by atoms with Crippen molar-refractivity contribution >= 4 is 29.6 Å². The highest BCUT2D eigenvalue weighted by atomic mass is 32.2. The van der Waals surface area contributed by atoms with Gasteiger partial charge in [0.05, 0.1) is 11.3 Å². The Bertz CT molecular complexity index is 1100. The molecule has 0 saturated carbocycles. The SMILES string of the molecule is Cc1cc(CSc2ncccc2C(=O)OC(C)C(=O)N2CCN(c3ncccn3)CC2)no1. The molecule has 10 nitrogen and oxygen atoms in total. The fourth-order valence-corrected chi connectivity index (χ4v) is 4.27. The van der Waals surface area contributed by atoms with Gasteiger partial charge in [-0.3, -0.25) is 4.79 Å². The predicted molar refractivity (Wildman–Crippen MR) is 121 cm³/mol. The lowest BCUT2D eigenvalue weighted by atomic mass is 10.2. The third-order valence-electron chi connectivity index (χ3n) is 5.08. The maximum Gasteiger partial charge on any atom is 0.341 e. The Hall–Kier alpha value is -3.47. The first kappa shape index (κ1) is 22.7. The Morgan fingerprint density at radius 1 is 1.12 bits per heavy atom. The molecule has 1 aliphatic rings. The van der Waals surface area contributed by atoms with Crippen molar-refractivity contribution in [3.63, 3.8) is 0 Å². The van der Waals surface area contributed by atoms with Crippen LogP contribution in [0, 0.1) is 6.92 Å². The molecular weight excluding hydrogens is 444 g/mol. The van der Waals surface area contributed by atoms with Crippen LogP contribution in [0.5, 0.6) is 0 Å². The summed E-state index contributed by atoms with van der Waals surface area (Å²) < 4.78 is 10.6. The fraction of sp³-hybridized carbons (Fsp3) is 0.364. The van der Waals surface area contributed by atoms with E-state index in [9.17, 15) is 9.59 Å². The highest BCUT2D eigenvalue weighted by Gasteiger charge is 2.29. The van der Waals surface area contributed by atoms with Gasteiger partial charge >= 0.3 is 5.97 Å². The summed E-state index contributed by atoms with van der Waals surface area (Å²) in [5, 5.41) is 4.47. The zero-order valence-corrected chi connectivity index (χ0v) is 19.2. The molecular formula is C22H24N6O4S. The first-order valence-electron chi connectivity index (χ1n) is 10.5. The maximum atomic E-state index is 12.9. The van der Waals surface area contributed by atoms with E-state index in [1.54, 1.807) is 48.6 Å². The average Bonchev–Trinajstić information content (AvgIpc) is 3.28. The summed E-state index contributed by atoms with van der Waals surface area (Å²) in [6.45, 7) is 5.64. The summed E-state index contributed by atoms with van der Waals surface area (Å²) in [5.41, 5.74) is 1.07. The first-order chi connectivity index (χ1) is 16.0. The second-order valence-electron chi connectivity index (χ2n) is 7.48. The molecule has 0 aliphatic carbocycles. The number of hydrogen-bond acceptors (Lipinski definition) is 10. The van der Waals surface area contributed by atoms with Crippen LogP contribution >= 0.6 is 11.8 Å². The molecule has 3 aromatic heterocycles. The summed E-state index contributed by atoms with van der Waals surface area (Å²) in [7, 11) is 0. The van der Waals surface area contributed by atoms with Crippen molar-refractivity contribution in [2.45, 2.75) is 30.7 Å². The van der Waals surface area contributed by atoms with E-state index in [-0.39, 0.29) is 5.91 Å². The Morgan fingerprint density at radius 3 is 2.55 bits per heavy atom. The molecule has 1 amide bonds. The largest absolute Gasteiger partial charge is 0.449 e. The zero-order chi connectivity index (χ0) is 23.2. The molecule has 0 N–H and O–H groups in total. The van der Waals surface area contributed by atoms with Gasteiger partial charge in [0, 0.05) is 56.6 Å². The van der Waals surface area contributed by atoms with Gasteiger partial charge in [0.2, 0.25) is 5.95 Å². The van der Waals surface area contributed by atoms with Crippen LogP contribution in [-0.4, -0.2) is 69.2 Å². The van der Waals surface area contributed by atoms with E-state index >= 15 is 0 Å². The molecule has 0 aromatic carbocycles. The van der Waals surface area contributed by atoms with Gasteiger partial charge in [0.1, 0.15) is 10.8 Å². The van der Waals surface area contributed by atoms with Gasteiger partial charge in [-0.15, -0.1) is 0 Å². The lowest BCUT2D eigenvalue weighted by Crippen LogP contribution is -2.52. The molecule has 4 rings (SSSR count). The molecule has 1 saturated heterocycles. The normalized spacial score (nSPS) is 14.7. The number of aromatic nitrogens is 4. The van der Waals surface area contributed by atoms with Crippen LogP contribution in [0.4, 0.5) is 5.95 Å². The van der Waals surface area contributed by atoms with E-state index in [2.05, 4.69) is 20.1 Å². The Morgan fingerprint density at radius 2 is 1.85 bits per heavy atom. The number of anilines is 1. The summed E-state index contributed by atoms with van der Waals surface area (Å²) >= 11 is 1.36. The maximum absolute atomic E-state index is 12.9. The number of carbonyl (C=O) groups is 2. The smallest absolute Gasteiger partial charge is 0.341 e. The van der Waals surface area contributed by atoms with Gasteiger partial charge in [-0.05, 0) is 32.0 Å². The monoisotopic (exact) mass is 468 g/mol. The summed E-state index contributed by atoms with van der Waals surface area (Å²) in [5.74, 6) is 1.05. The molecule has 1 unspecified atom stereocenters. The third kappa shape index (κ3) is 5.67. The third-order valence-corrected chi connectivity index (χ3v) is 6.12. The molecule has 1 aliphatic heterocycles. The number of carbonyl (C=O) groups excluding carboxylic acids is 2. The minimum Gasteiger partial charge on any atom is -0.449 e. The van der Waals surface area contributed by atoms with Crippen LogP contribution < -0.4 is 4.90 Å². The fourth-order valence-electron chi connectivity index (χ4n) is 3.40. The van der Waals surface area contributed by atoms with Gasteiger partial charge in [-0.2, -0.15) is 0 Å². The lowest BCUT2D eigenvalue weighted by molar-refractivity contribution is -0.140. The molecule has 4 heterocycles. The zero-order valence-electron chi connectivity index (χ0n) is 18.4. The molecule has 0 radical (unpaired) electrons. The number of piperazine rings is 1. The topological polar surface area (TPSA) is 115 Å². The number of aryl methyl sites for hydroxylation is 1. The Kier molecular flexibility index (Phi) is 7.18. The van der Waals surface area contributed by atoms with Crippen LogP contribution in [0.1, 0.15) is 28.7 Å². The summed E-state index contributed by atoms with van der Waals surface area (Å²) in [4.78, 5) is 42.2. The number of hydrogen-bond donors (Lipinski definition) is 0. The summed E-state index contributed by atoms with van der Waals surface area (Å²) in [6.07, 6.45) is 4.09. The quantitative estimate of drug-likeness (QED) is 0.378. The average molecular weight is 469 g/mol. The number of rotatable bonds is 7. The molecule has 11 heteroatoms. The Balaban J connectivity index is 1.32. The van der Waals surface area contributed by atoms with Crippen molar-refractivity contribution in [2.24, 2.45) is 0 Å². The highest BCUT2D eigenvalue weighted by Crippen LogP contribution is 2.25. The first-order valence-corrected chi connectivity index (χ1v) is 11.5. The molecule has 172 valence electrons. The number of esters is 1. The number of amides is 1. The molecule has 33 heavy (non-hydrogen) atoms.